The fourth-order valence-electron chi connectivity index (χ4n) is 4.76. The van der Waals surface area contributed by atoms with E-state index in [0.717, 1.165) is 27.6 Å². The van der Waals surface area contributed by atoms with Crippen LogP contribution < -0.4 is 10.6 Å². The minimum Gasteiger partial charge on any atom is -0.384 e. The Hall–Kier alpha value is -2.56. The zero-order valence-electron chi connectivity index (χ0n) is 19.4. The van der Waals surface area contributed by atoms with Gasteiger partial charge in [0.05, 0.1) is 21.8 Å². The van der Waals surface area contributed by atoms with Crippen LogP contribution in [0.3, 0.4) is 0 Å². The van der Waals surface area contributed by atoms with Gasteiger partial charge in [0.1, 0.15) is 11.6 Å². The van der Waals surface area contributed by atoms with Gasteiger partial charge in [-0.05, 0) is 59.9 Å². The quantitative estimate of drug-likeness (QED) is 0.494. The molecular weight excluding hydrogens is 453 g/mol. The number of halogens is 1. The average Bonchev–Trinajstić information content (AvgIpc) is 3.16. The van der Waals surface area contributed by atoms with E-state index in [1.54, 1.807) is 40.1 Å². The van der Waals surface area contributed by atoms with Crippen molar-refractivity contribution in [1.82, 2.24) is 0 Å². The molecule has 0 saturated carbocycles. The predicted molar refractivity (Wildman–Crippen MR) is 134 cm³/mol. The highest BCUT2D eigenvalue weighted by Crippen LogP contribution is 2.52. The number of nitriles is 1. The van der Waals surface area contributed by atoms with Crippen LogP contribution in [0.1, 0.15) is 56.9 Å². The summed E-state index contributed by atoms with van der Waals surface area (Å²) in [7, 11) is 0. The van der Waals surface area contributed by atoms with Crippen molar-refractivity contribution in [2.45, 2.75) is 57.1 Å². The summed E-state index contributed by atoms with van der Waals surface area (Å²) in [5.41, 5.74) is 9.94. The van der Waals surface area contributed by atoms with Gasteiger partial charge in [0, 0.05) is 28.3 Å². The van der Waals surface area contributed by atoms with E-state index in [1.807, 2.05) is 0 Å². The Morgan fingerprint density at radius 2 is 1.97 bits per heavy atom. The molecule has 0 bridgehead atoms. The largest absolute Gasteiger partial charge is 0.384 e. The molecule has 2 heterocycles. The van der Waals surface area contributed by atoms with Crippen molar-refractivity contribution < 1.29 is 9.18 Å². The number of benzene rings is 1. The fraction of sp³-hybridized carbons (Fsp3) is 0.385. The molecule has 1 aliphatic heterocycles. The second-order valence-corrected chi connectivity index (χ2v) is 11.9. The Bertz CT molecular complexity index is 1200. The Morgan fingerprint density at radius 1 is 1.27 bits per heavy atom. The Labute approximate surface area is 203 Å². The number of allylic oxidation sites excluding steroid dienone is 3. The monoisotopic (exact) mass is 481 g/mol. The molecule has 1 aromatic heterocycles. The molecule has 172 valence electrons. The summed E-state index contributed by atoms with van der Waals surface area (Å²) in [6, 6.07) is 10.5. The molecule has 33 heavy (non-hydrogen) atoms. The molecule has 1 atom stereocenters. The maximum Gasteiger partial charge on any atom is 0.162 e. The van der Waals surface area contributed by atoms with Gasteiger partial charge < -0.3 is 5.73 Å². The number of carbonyl (C=O) groups is 1. The Morgan fingerprint density at radius 3 is 2.58 bits per heavy atom. The normalized spacial score (nSPS) is 20.2. The van der Waals surface area contributed by atoms with E-state index < -0.39 is 5.92 Å². The van der Waals surface area contributed by atoms with E-state index in [2.05, 4.69) is 39.8 Å². The molecular formula is C26H28FN3OS2. The van der Waals surface area contributed by atoms with Gasteiger partial charge in [0.2, 0.25) is 0 Å². The van der Waals surface area contributed by atoms with Crippen LogP contribution in [-0.2, 0) is 11.2 Å². The molecule has 0 amide bonds. The second-order valence-electron chi connectivity index (χ2n) is 9.20. The van der Waals surface area contributed by atoms with Crippen molar-refractivity contribution in [1.29, 1.82) is 5.26 Å². The highest BCUT2D eigenvalue weighted by Gasteiger charge is 2.45. The molecule has 2 N–H and O–H groups in total. The number of anilines is 1. The molecule has 0 radical (unpaired) electrons. The number of ketones is 1. The predicted octanol–water partition coefficient (Wildman–Crippen LogP) is 6.50. The van der Waals surface area contributed by atoms with Gasteiger partial charge in [-0.25, -0.2) is 4.39 Å². The number of thiophene rings is 1. The van der Waals surface area contributed by atoms with Crippen LogP contribution in [0.2, 0.25) is 0 Å². The zero-order valence-corrected chi connectivity index (χ0v) is 21.0. The number of hydrogen-bond donors (Lipinski definition) is 1. The molecule has 7 heteroatoms. The van der Waals surface area contributed by atoms with Crippen molar-refractivity contribution in [3.05, 3.63) is 69.3 Å². The van der Waals surface area contributed by atoms with Gasteiger partial charge in [-0.15, -0.1) is 23.1 Å². The second kappa shape index (κ2) is 9.00. The molecule has 4 rings (SSSR count). The number of nitrogens with two attached hydrogens (primary N) is 1. The van der Waals surface area contributed by atoms with Crippen molar-refractivity contribution in [3.63, 3.8) is 0 Å². The highest BCUT2D eigenvalue weighted by molar-refractivity contribution is 8.01. The van der Waals surface area contributed by atoms with E-state index in [9.17, 15) is 14.4 Å². The van der Waals surface area contributed by atoms with E-state index >= 15 is 0 Å². The van der Waals surface area contributed by atoms with Crippen LogP contribution in [0, 0.1) is 22.6 Å². The SMILES string of the molecule is CCSc1sc(CC)cc1[C@H]1C(C#N)=C(N)N(c2ccc(F)cc2)C2=C1C(=O)CC(C)(C)C2. The lowest BCUT2D eigenvalue weighted by Gasteiger charge is -2.43. The Balaban J connectivity index is 2.00. The molecule has 2 aliphatic rings. The third-order valence-electron chi connectivity index (χ3n) is 6.18. The number of thioether (sulfide) groups is 1. The molecule has 4 nitrogen and oxygen atoms in total. The number of Topliss-reactive ketones (excluding diaryl/α,β-unsaturated/α-hetero) is 1. The van der Waals surface area contributed by atoms with Crippen LogP contribution in [0.25, 0.3) is 0 Å². The molecule has 1 aliphatic carbocycles. The van der Waals surface area contributed by atoms with Gasteiger partial charge in [-0.3, -0.25) is 9.69 Å². The van der Waals surface area contributed by atoms with E-state index in [1.165, 1.54) is 17.0 Å². The molecule has 0 spiro atoms. The summed E-state index contributed by atoms with van der Waals surface area (Å²) < 4.78 is 14.8. The van der Waals surface area contributed by atoms with Crippen molar-refractivity contribution in [2.75, 3.05) is 10.7 Å². The first kappa shape index (κ1) is 23.6. The van der Waals surface area contributed by atoms with Gasteiger partial charge in [-0.2, -0.15) is 5.26 Å². The van der Waals surface area contributed by atoms with Crippen molar-refractivity contribution >= 4 is 34.6 Å². The number of rotatable bonds is 5. The van der Waals surface area contributed by atoms with Crippen LogP contribution >= 0.6 is 23.1 Å². The summed E-state index contributed by atoms with van der Waals surface area (Å²) in [6.07, 6.45) is 1.95. The third-order valence-corrected chi connectivity index (χ3v) is 8.66. The summed E-state index contributed by atoms with van der Waals surface area (Å²) in [4.78, 5) is 16.7. The molecule has 0 saturated heterocycles. The zero-order chi connectivity index (χ0) is 23.9. The van der Waals surface area contributed by atoms with Crippen molar-refractivity contribution in [2.24, 2.45) is 11.1 Å². The lowest BCUT2D eigenvalue weighted by atomic mass is 9.69. The first-order valence-corrected chi connectivity index (χ1v) is 13.0. The number of nitrogens with zero attached hydrogens (tertiary/aromatic N) is 2. The Kier molecular flexibility index (Phi) is 6.43. The standard InChI is InChI=1S/C26H28FN3OS2/c1-5-17-11-18(25(33-17)32-6-2)22-19(14-28)24(29)30(16-9-7-15(27)8-10-16)20-12-26(3,4)13-21(31)23(20)22/h7-11,22H,5-6,12-13,29H2,1-4H3/t22-/m0/s1. The number of hydrogen-bond acceptors (Lipinski definition) is 6. The van der Waals surface area contributed by atoms with Crippen LogP contribution in [0.15, 0.2) is 57.2 Å². The minimum absolute atomic E-state index is 0.0512. The lowest BCUT2D eigenvalue weighted by Crippen LogP contribution is -2.42. The first-order chi connectivity index (χ1) is 15.7. The van der Waals surface area contributed by atoms with Gasteiger partial charge >= 0.3 is 0 Å². The molecule has 2 aromatic rings. The topological polar surface area (TPSA) is 70.1 Å². The smallest absolute Gasteiger partial charge is 0.162 e. The molecule has 1 aromatic carbocycles. The fourth-order valence-corrected chi connectivity index (χ4v) is 7.14. The van der Waals surface area contributed by atoms with E-state index in [4.69, 9.17) is 5.73 Å². The summed E-state index contributed by atoms with van der Waals surface area (Å²) >= 11 is 3.47. The highest BCUT2D eigenvalue weighted by atomic mass is 32.2. The maximum atomic E-state index is 13.7. The molecule has 0 unspecified atom stereocenters. The first-order valence-electron chi connectivity index (χ1n) is 11.2. The summed E-state index contributed by atoms with van der Waals surface area (Å²) in [6.45, 7) is 8.36. The van der Waals surface area contributed by atoms with Gasteiger partial charge in [0.25, 0.3) is 0 Å². The molecule has 0 fully saturated rings. The lowest BCUT2D eigenvalue weighted by molar-refractivity contribution is -0.118. The number of carbonyl (C=O) groups excluding carboxylic acids is 1. The summed E-state index contributed by atoms with van der Waals surface area (Å²) in [5, 5.41) is 10.3. The van der Waals surface area contributed by atoms with Gasteiger partial charge in [-0.1, -0.05) is 27.7 Å². The number of aryl methyl sites for hydroxylation is 1. The van der Waals surface area contributed by atoms with Crippen LogP contribution in [0.5, 0.6) is 0 Å². The van der Waals surface area contributed by atoms with Gasteiger partial charge in [0.15, 0.2) is 5.78 Å². The third kappa shape index (κ3) is 4.22. The minimum atomic E-state index is -0.476. The van der Waals surface area contributed by atoms with E-state index in [0.29, 0.717) is 35.5 Å². The average molecular weight is 482 g/mol. The van der Waals surface area contributed by atoms with Crippen molar-refractivity contribution in [3.8, 4) is 6.07 Å². The summed E-state index contributed by atoms with van der Waals surface area (Å²) in [5.74, 6) is 0.442. The van der Waals surface area contributed by atoms with E-state index in [-0.39, 0.29) is 17.0 Å². The van der Waals surface area contributed by atoms with Crippen LogP contribution in [0.4, 0.5) is 10.1 Å². The maximum absolute atomic E-state index is 13.7. The van der Waals surface area contributed by atoms with Crippen LogP contribution in [-0.4, -0.2) is 11.5 Å².